The Balaban J connectivity index is 2.37. The first-order valence-corrected chi connectivity index (χ1v) is 8.87. The smallest absolute Gasteiger partial charge is 0.341 e. The average molecular weight is 355 g/mol. The first-order valence-electron chi connectivity index (χ1n) is 8.05. The summed E-state index contributed by atoms with van der Waals surface area (Å²) in [6.07, 6.45) is 0.193. The van der Waals surface area contributed by atoms with E-state index < -0.39 is 5.97 Å². The van der Waals surface area contributed by atoms with Gasteiger partial charge in [0.2, 0.25) is 0 Å². The van der Waals surface area contributed by atoms with E-state index in [-0.39, 0.29) is 24.7 Å². The number of nitrogens with two attached hydrogens (primary N) is 1. The molecule has 1 aromatic heterocycles. The van der Waals surface area contributed by atoms with Gasteiger partial charge in [0, 0.05) is 32.2 Å². The standard InChI is InChI=1S/C16H25N3O4S/c1-5-22-16(21)12-11(13(15(20)18-4)24-14(12)17)8-19-6-9(2)23-10(3)7-19/h9-10H,5-8,17H2,1-4H3,(H,18,20)/t9-,10-/m0/s1. The lowest BCUT2D eigenvalue weighted by molar-refractivity contribution is -0.0705. The van der Waals surface area contributed by atoms with Gasteiger partial charge in [-0.2, -0.15) is 0 Å². The maximum atomic E-state index is 12.3. The zero-order chi connectivity index (χ0) is 17.9. The molecule has 0 spiro atoms. The lowest BCUT2D eigenvalue weighted by Crippen LogP contribution is -2.45. The largest absolute Gasteiger partial charge is 0.462 e. The van der Waals surface area contributed by atoms with Crippen LogP contribution in [0.5, 0.6) is 0 Å². The van der Waals surface area contributed by atoms with Gasteiger partial charge < -0.3 is 20.5 Å². The number of nitrogens with one attached hydrogen (secondary N) is 1. The molecule has 1 aliphatic heterocycles. The summed E-state index contributed by atoms with van der Waals surface area (Å²) in [6.45, 7) is 7.94. The van der Waals surface area contributed by atoms with Crippen LogP contribution in [0.15, 0.2) is 0 Å². The second kappa shape index (κ2) is 7.96. The molecule has 2 rings (SSSR count). The van der Waals surface area contributed by atoms with Crippen molar-refractivity contribution in [3.8, 4) is 0 Å². The quantitative estimate of drug-likeness (QED) is 0.777. The van der Waals surface area contributed by atoms with Gasteiger partial charge >= 0.3 is 5.97 Å². The van der Waals surface area contributed by atoms with Crippen LogP contribution < -0.4 is 11.1 Å². The van der Waals surface area contributed by atoms with Crippen LogP contribution in [0.25, 0.3) is 0 Å². The van der Waals surface area contributed by atoms with E-state index in [1.807, 2.05) is 13.8 Å². The third kappa shape index (κ3) is 4.06. The molecule has 2 atom stereocenters. The van der Waals surface area contributed by atoms with Crippen LogP contribution in [0.2, 0.25) is 0 Å². The maximum Gasteiger partial charge on any atom is 0.341 e. The Morgan fingerprint density at radius 3 is 2.54 bits per heavy atom. The molecular formula is C16H25N3O4S. The number of carbonyl (C=O) groups excluding carboxylic acids is 2. The van der Waals surface area contributed by atoms with Crippen LogP contribution in [0.1, 0.15) is 46.4 Å². The Bertz CT molecular complexity index is 607. The number of hydrogen-bond acceptors (Lipinski definition) is 7. The van der Waals surface area contributed by atoms with Crippen molar-refractivity contribution in [2.24, 2.45) is 0 Å². The van der Waals surface area contributed by atoms with Gasteiger partial charge in [-0.05, 0) is 20.8 Å². The van der Waals surface area contributed by atoms with Crippen molar-refractivity contribution in [1.29, 1.82) is 0 Å². The highest BCUT2D eigenvalue weighted by atomic mass is 32.1. The number of rotatable bonds is 5. The summed E-state index contributed by atoms with van der Waals surface area (Å²) in [5.41, 5.74) is 6.97. The van der Waals surface area contributed by atoms with Gasteiger partial charge in [-0.25, -0.2) is 4.79 Å². The highest BCUT2D eigenvalue weighted by molar-refractivity contribution is 7.18. The zero-order valence-electron chi connectivity index (χ0n) is 14.5. The van der Waals surface area contributed by atoms with Crippen LogP contribution >= 0.6 is 11.3 Å². The second-order valence-corrected chi connectivity index (χ2v) is 6.95. The first kappa shape index (κ1) is 18.7. The van der Waals surface area contributed by atoms with Crippen LogP contribution in [0.4, 0.5) is 5.00 Å². The number of carbonyl (C=O) groups is 2. The fourth-order valence-corrected chi connectivity index (χ4v) is 4.01. The van der Waals surface area contributed by atoms with Gasteiger partial charge in [0.1, 0.15) is 5.00 Å². The number of thiophene rings is 1. The van der Waals surface area contributed by atoms with Gasteiger partial charge in [-0.3, -0.25) is 9.69 Å². The van der Waals surface area contributed by atoms with Crippen LogP contribution in [0, 0.1) is 0 Å². The summed E-state index contributed by atoms with van der Waals surface area (Å²) in [5, 5.41) is 2.92. The summed E-state index contributed by atoms with van der Waals surface area (Å²) in [7, 11) is 1.56. The lowest BCUT2D eigenvalue weighted by atomic mass is 10.1. The third-order valence-electron chi connectivity index (χ3n) is 3.82. The van der Waals surface area contributed by atoms with E-state index >= 15 is 0 Å². The maximum absolute atomic E-state index is 12.3. The van der Waals surface area contributed by atoms with E-state index in [1.165, 1.54) is 0 Å². The predicted octanol–water partition coefficient (Wildman–Crippen LogP) is 1.48. The zero-order valence-corrected chi connectivity index (χ0v) is 15.4. The molecule has 3 N–H and O–H groups in total. The van der Waals surface area contributed by atoms with Gasteiger partial charge in [-0.15, -0.1) is 11.3 Å². The van der Waals surface area contributed by atoms with Crippen molar-refractivity contribution in [1.82, 2.24) is 10.2 Å². The van der Waals surface area contributed by atoms with Crippen molar-refractivity contribution in [2.75, 3.05) is 32.5 Å². The van der Waals surface area contributed by atoms with Gasteiger partial charge in [0.25, 0.3) is 5.91 Å². The predicted molar refractivity (Wildman–Crippen MR) is 93.4 cm³/mol. The second-order valence-electron chi connectivity index (χ2n) is 5.90. The topological polar surface area (TPSA) is 93.9 Å². The molecule has 134 valence electrons. The first-order chi connectivity index (χ1) is 11.4. The Morgan fingerprint density at radius 1 is 1.38 bits per heavy atom. The summed E-state index contributed by atoms with van der Waals surface area (Å²) >= 11 is 1.13. The molecule has 2 heterocycles. The summed E-state index contributed by atoms with van der Waals surface area (Å²) < 4.78 is 10.9. The molecule has 1 saturated heterocycles. The van der Waals surface area contributed by atoms with E-state index in [0.717, 1.165) is 24.4 Å². The highest BCUT2D eigenvalue weighted by Crippen LogP contribution is 2.33. The molecule has 0 aromatic carbocycles. The number of nitrogen functional groups attached to an aromatic ring is 1. The minimum Gasteiger partial charge on any atom is -0.462 e. The lowest BCUT2D eigenvalue weighted by Gasteiger charge is -2.35. The van der Waals surface area contributed by atoms with Crippen molar-refractivity contribution in [2.45, 2.75) is 39.5 Å². The van der Waals surface area contributed by atoms with Gasteiger partial charge in [-0.1, -0.05) is 0 Å². The molecule has 0 radical (unpaired) electrons. The average Bonchev–Trinajstić information content (AvgIpc) is 2.82. The Hall–Kier alpha value is -1.64. The molecule has 1 amide bonds. The van der Waals surface area contributed by atoms with Crippen molar-refractivity contribution in [3.63, 3.8) is 0 Å². The number of ether oxygens (including phenoxy) is 2. The van der Waals surface area contributed by atoms with Gasteiger partial charge in [0.15, 0.2) is 0 Å². The number of esters is 1. The fourth-order valence-electron chi connectivity index (χ4n) is 3.00. The molecule has 24 heavy (non-hydrogen) atoms. The SMILES string of the molecule is CCOC(=O)c1c(N)sc(C(=O)NC)c1CN1C[C@H](C)O[C@@H](C)C1. The summed E-state index contributed by atoms with van der Waals surface area (Å²) in [6, 6.07) is 0. The number of anilines is 1. The van der Waals surface area contributed by atoms with E-state index in [1.54, 1.807) is 14.0 Å². The van der Waals surface area contributed by atoms with E-state index in [4.69, 9.17) is 15.2 Å². The number of hydrogen-bond donors (Lipinski definition) is 2. The molecule has 0 bridgehead atoms. The molecular weight excluding hydrogens is 330 g/mol. The minimum atomic E-state index is -0.481. The molecule has 8 heteroatoms. The fraction of sp³-hybridized carbons (Fsp3) is 0.625. The number of nitrogens with zero attached hydrogens (tertiary/aromatic N) is 1. The van der Waals surface area contributed by atoms with E-state index in [2.05, 4.69) is 10.2 Å². The Morgan fingerprint density at radius 2 is 2.00 bits per heavy atom. The number of amides is 1. The van der Waals surface area contributed by atoms with E-state index in [9.17, 15) is 9.59 Å². The van der Waals surface area contributed by atoms with Crippen LogP contribution in [-0.2, 0) is 16.0 Å². The molecule has 0 unspecified atom stereocenters. The monoisotopic (exact) mass is 355 g/mol. The minimum absolute atomic E-state index is 0.0965. The Kier molecular flexibility index (Phi) is 6.20. The van der Waals surface area contributed by atoms with Crippen molar-refractivity contribution < 1.29 is 19.1 Å². The molecule has 1 aliphatic rings. The molecule has 0 saturated carbocycles. The van der Waals surface area contributed by atoms with Crippen molar-refractivity contribution in [3.05, 3.63) is 16.0 Å². The van der Waals surface area contributed by atoms with Crippen molar-refractivity contribution >= 4 is 28.2 Å². The molecule has 0 aliphatic carbocycles. The molecule has 7 nitrogen and oxygen atoms in total. The van der Waals surface area contributed by atoms with Crippen LogP contribution in [-0.4, -0.2) is 55.7 Å². The summed E-state index contributed by atoms with van der Waals surface area (Å²) in [4.78, 5) is 27.1. The molecule has 1 aromatic rings. The normalized spacial score (nSPS) is 21.5. The number of morpholine rings is 1. The van der Waals surface area contributed by atoms with Gasteiger partial charge in [0.05, 0.1) is 29.3 Å². The third-order valence-corrected chi connectivity index (χ3v) is 4.88. The Labute approximate surface area is 146 Å². The van der Waals surface area contributed by atoms with E-state index in [0.29, 0.717) is 27.5 Å². The highest BCUT2D eigenvalue weighted by Gasteiger charge is 2.30. The molecule has 1 fully saturated rings. The summed E-state index contributed by atoms with van der Waals surface area (Å²) in [5.74, 6) is -0.725. The van der Waals surface area contributed by atoms with Crippen LogP contribution in [0.3, 0.4) is 0 Å².